The van der Waals surface area contributed by atoms with Gasteiger partial charge in [-0.25, -0.2) is 14.1 Å². The summed E-state index contributed by atoms with van der Waals surface area (Å²) in [5.74, 6) is -0.473. The van der Waals surface area contributed by atoms with E-state index in [-0.39, 0.29) is 5.56 Å². The van der Waals surface area contributed by atoms with Crippen LogP contribution in [0.15, 0.2) is 55.1 Å². The van der Waals surface area contributed by atoms with Gasteiger partial charge in [0.15, 0.2) is 0 Å². The molecular formula is C19H12FN5. The summed E-state index contributed by atoms with van der Waals surface area (Å²) in [7, 11) is 0. The summed E-state index contributed by atoms with van der Waals surface area (Å²) in [5, 5.41) is 21.8. The topological polar surface area (TPSA) is 78.3 Å². The van der Waals surface area contributed by atoms with Crippen molar-refractivity contribution in [1.82, 2.24) is 14.8 Å². The molecule has 0 spiro atoms. The van der Waals surface area contributed by atoms with Crippen molar-refractivity contribution in [2.24, 2.45) is 0 Å². The van der Waals surface area contributed by atoms with Crippen LogP contribution in [0.3, 0.4) is 0 Å². The first kappa shape index (κ1) is 16.1. The lowest BCUT2D eigenvalue weighted by molar-refractivity contribution is 0.619. The van der Waals surface area contributed by atoms with Gasteiger partial charge in [0.25, 0.3) is 0 Å². The molecule has 2 aromatic carbocycles. The van der Waals surface area contributed by atoms with Crippen LogP contribution >= 0.6 is 0 Å². The lowest BCUT2D eigenvalue weighted by Crippen LogP contribution is -2.03. The average Bonchev–Trinajstić information content (AvgIpc) is 3.15. The van der Waals surface area contributed by atoms with Crippen LogP contribution in [0.25, 0.3) is 11.6 Å². The third-order valence-corrected chi connectivity index (χ3v) is 3.62. The van der Waals surface area contributed by atoms with E-state index < -0.39 is 5.82 Å². The van der Waals surface area contributed by atoms with E-state index in [0.29, 0.717) is 23.2 Å². The van der Waals surface area contributed by atoms with E-state index in [1.807, 2.05) is 12.1 Å². The van der Waals surface area contributed by atoms with Crippen molar-refractivity contribution in [2.45, 2.75) is 6.54 Å². The zero-order chi connectivity index (χ0) is 17.6. The summed E-state index contributed by atoms with van der Waals surface area (Å²) in [6, 6.07) is 15.3. The number of nitriles is 2. The smallest absolute Gasteiger partial charge is 0.137 e. The number of nitrogens with zero attached hydrogens (tertiary/aromatic N) is 5. The molecule has 1 aromatic heterocycles. The number of hydrogen-bond donors (Lipinski definition) is 0. The van der Waals surface area contributed by atoms with Gasteiger partial charge in [-0.3, -0.25) is 0 Å². The molecule has 5 nitrogen and oxygen atoms in total. The summed E-state index contributed by atoms with van der Waals surface area (Å²) in [6.07, 6.45) is 4.79. The summed E-state index contributed by atoms with van der Waals surface area (Å²) in [5.41, 5.74) is 2.72. The van der Waals surface area contributed by atoms with Crippen LogP contribution in [0.4, 0.5) is 4.39 Å². The van der Waals surface area contributed by atoms with Crippen molar-refractivity contribution in [2.75, 3.05) is 0 Å². The monoisotopic (exact) mass is 329 g/mol. The third kappa shape index (κ3) is 3.77. The number of rotatable bonds is 4. The highest BCUT2D eigenvalue weighted by molar-refractivity contribution is 5.81. The predicted octanol–water partition coefficient (Wildman–Crippen LogP) is 3.40. The fourth-order valence-corrected chi connectivity index (χ4v) is 2.40. The fourth-order valence-electron chi connectivity index (χ4n) is 2.40. The van der Waals surface area contributed by atoms with E-state index >= 15 is 0 Å². The molecule has 0 saturated heterocycles. The number of halogens is 1. The highest BCUT2D eigenvalue weighted by Crippen LogP contribution is 2.24. The molecule has 0 amide bonds. The zero-order valence-corrected chi connectivity index (χ0v) is 13.1. The predicted molar refractivity (Wildman–Crippen MR) is 90.2 cm³/mol. The molecule has 0 radical (unpaired) electrons. The Balaban J connectivity index is 2.04. The van der Waals surface area contributed by atoms with Gasteiger partial charge in [0, 0.05) is 5.56 Å². The Bertz CT molecular complexity index is 990. The molecule has 1 heterocycles. The van der Waals surface area contributed by atoms with Gasteiger partial charge in [0.2, 0.25) is 0 Å². The first-order chi connectivity index (χ1) is 12.2. The molecule has 0 bridgehead atoms. The van der Waals surface area contributed by atoms with Gasteiger partial charge in [-0.05, 0) is 41.5 Å². The molecule has 6 heteroatoms. The Morgan fingerprint density at radius 3 is 2.40 bits per heavy atom. The molecule has 0 saturated carbocycles. The van der Waals surface area contributed by atoms with Gasteiger partial charge >= 0.3 is 0 Å². The first-order valence-corrected chi connectivity index (χ1v) is 7.43. The zero-order valence-electron chi connectivity index (χ0n) is 13.1. The minimum absolute atomic E-state index is 0.264. The summed E-state index contributed by atoms with van der Waals surface area (Å²) in [6.45, 7) is 0.322. The molecule has 25 heavy (non-hydrogen) atoms. The minimum Gasteiger partial charge on any atom is -0.249 e. The summed E-state index contributed by atoms with van der Waals surface area (Å²) in [4.78, 5) is 3.90. The Morgan fingerprint density at radius 1 is 1.08 bits per heavy atom. The second kappa shape index (κ2) is 7.20. The molecule has 120 valence electrons. The van der Waals surface area contributed by atoms with Gasteiger partial charge in [-0.15, -0.1) is 0 Å². The molecule has 0 aliphatic rings. The van der Waals surface area contributed by atoms with E-state index in [4.69, 9.17) is 10.5 Å². The van der Waals surface area contributed by atoms with Gasteiger partial charge in [0.05, 0.1) is 29.8 Å². The molecule has 0 fully saturated rings. The maximum absolute atomic E-state index is 14.5. The molecule has 3 aromatic rings. The summed E-state index contributed by atoms with van der Waals surface area (Å²) < 4.78 is 16.0. The molecule has 0 unspecified atom stereocenters. The van der Waals surface area contributed by atoms with E-state index in [2.05, 4.69) is 16.2 Å². The normalized spacial score (nSPS) is 10.9. The van der Waals surface area contributed by atoms with Crippen molar-refractivity contribution in [3.8, 4) is 12.1 Å². The minimum atomic E-state index is -0.473. The van der Waals surface area contributed by atoms with Crippen LogP contribution in [0, 0.1) is 28.5 Å². The second-order valence-corrected chi connectivity index (χ2v) is 5.30. The van der Waals surface area contributed by atoms with Gasteiger partial charge < -0.3 is 0 Å². The molecule has 3 rings (SSSR count). The van der Waals surface area contributed by atoms with Gasteiger partial charge in [-0.1, -0.05) is 18.2 Å². The molecule has 0 aliphatic heterocycles. The Morgan fingerprint density at radius 2 is 1.80 bits per heavy atom. The largest absolute Gasteiger partial charge is 0.249 e. The first-order valence-electron chi connectivity index (χ1n) is 7.43. The highest BCUT2D eigenvalue weighted by atomic mass is 19.1. The van der Waals surface area contributed by atoms with E-state index in [1.165, 1.54) is 12.4 Å². The van der Waals surface area contributed by atoms with Crippen molar-refractivity contribution >= 4 is 11.6 Å². The van der Waals surface area contributed by atoms with Crippen LogP contribution in [0.1, 0.15) is 22.3 Å². The Kier molecular flexibility index (Phi) is 4.64. The summed E-state index contributed by atoms with van der Waals surface area (Å²) >= 11 is 0. The lowest BCUT2D eigenvalue weighted by atomic mass is 10.00. The quantitative estimate of drug-likeness (QED) is 0.687. The van der Waals surface area contributed by atoms with Crippen molar-refractivity contribution in [3.63, 3.8) is 0 Å². The van der Waals surface area contributed by atoms with Crippen molar-refractivity contribution in [3.05, 3.63) is 83.2 Å². The van der Waals surface area contributed by atoms with Crippen LogP contribution in [0.2, 0.25) is 0 Å². The molecular weight excluding hydrogens is 317 g/mol. The van der Waals surface area contributed by atoms with Crippen LogP contribution in [0.5, 0.6) is 0 Å². The van der Waals surface area contributed by atoms with Crippen molar-refractivity contribution in [1.29, 1.82) is 10.5 Å². The average molecular weight is 329 g/mol. The van der Waals surface area contributed by atoms with E-state index in [9.17, 15) is 4.39 Å². The van der Waals surface area contributed by atoms with E-state index in [1.54, 1.807) is 47.4 Å². The Labute approximate surface area is 143 Å². The fraction of sp³-hybridized carbons (Fsp3) is 0.0526. The van der Waals surface area contributed by atoms with E-state index in [0.717, 1.165) is 5.56 Å². The van der Waals surface area contributed by atoms with Crippen molar-refractivity contribution < 1.29 is 4.39 Å². The van der Waals surface area contributed by atoms with Crippen LogP contribution in [-0.2, 0) is 6.54 Å². The highest BCUT2D eigenvalue weighted by Gasteiger charge is 2.11. The standard InChI is InChI=1S/C19H12FN5/c20-19-8-16(10-22)5-6-18(19)17(11-25-13-23-12-24-25)7-14-1-3-15(9-21)4-2-14/h1-8,12-13H,11H2/b17-7+. The number of benzene rings is 2. The molecule has 0 aliphatic carbocycles. The van der Waals surface area contributed by atoms with Crippen LogP contribution in [-0.4, -0.2) is 14.8 Å². The number of hydrogen-bond acceptors (Lipinski definition) is 4. The van der Waals surface area contributed by atoms with Gasteiger partial charge in [-0.2, -0.15) is 15.6 Å². The molecule has 0 atom stereocenters. The SMILES string of the molecule is N#Cc1ccc(/C=C(\Cn2cncn2)c2ccc(C#N)cc2F)cc1. The van der Waals surface area contributed by atoms with Gasteiger partial charge in [0.1, 0.15) is 18.5 Å². The third-order valence-electron chi connectivity index (χ3n) is 3.62. The maximum atomic E-state index is 14.5. The Hall–Kier alpha value is -3.77. The van der Waals surface area contributed by atoms with Crippen LogP contribution < -0.4 is 0 Å². The second-order valence-electron chi connectivity index (χ2n) is 5.30. The maximum Gasteiger partial charge on any atom is 0.137 e. The number of allylic oxidation sites excluding steroid dienone is 1. The molecule has 0 N–H and O–H groups in total. The lowest BCUT2D eigenvalue weighted by Gasteiger charge is -2.10. The number of aromatic nitrogens is 3.